The molecule has 0 spiro atoms. The van der Waals surface area contributed by atoms with Crippen molar-refractivity contribution in [3.05, 3.63) is 71.5 Å². The maximum absolute atomic E-state index is 4.83. The summed E-state index contributed by atoms with van der Waals surface area (Å²) in [5.41, 5.74) is 7.41. The zero-order chi connectivity index (χ0) is 18.8. The van der Waals surface area contributed by atoms with Gasteiger partial charge >= 0.3 is 0 Å². The summed E-state index contributed by atoms with van der Waals surface area (Å²) in [5.74, 6) is 0.537. The van der Waals surface area contributed by atoms with Gasteiger partial charge in [0.2, 0.25) is 0 Å². The number of imidazole rings is 1. The van der Waals surface area contributed by atoms with E-state index in [0.717, 1.165) is 37.3 Å². The highest BCUT2D eigenvalue weighted by atomic mass is 15.3. The van der Waals surface area contributed by atoms with Crippen LogP contribution in [0.5, 0.6) is 0 Å². The number of aromatic nitrogens is 4. The molecule has 0 bridgehead atoms. The Hall–Kier alpha value is -2.62. The van der Waals surface area contributed by atoms with Crippen molar-refractivity contribution in [3.8, 4) is 11.3 Å². The Kier molecular flexibility index (Phi) is 4.97. The lowest BCUT2D eigenvalue weighted by atomic mass is 9.89. The summed E-state index contributed by atoms with van der Waals surface area (Å²) in [4.78, 5) is 4.83. The first-order chi connectivity index (χ1) is 13.1. The molecule has 1 aliphatic rings. The summed E-state index contributed by atoms with van der Waals surface area (Å²) in [5, 5.41) is 4.70. The van der Waals surface area contributed by atoms with Crippen molar-refractivity contribution in [1.29, 1.82) is 0 Å². The van der Waals surface area contributed by atoms with Gasteiger partial charge in [0.1, 0.15) is 0 Å². The summed E-state index contributed by atoms with van der Waals surface area (Å²) < 4.78 is 4.50. The quantitative estimate of drug-likeness (QED) is 0.587. The number of hydrogen-bond donors (Lipinski definition) is 0. The van der Waals surface area contributed by atoms with Crippen LogP contribution < -0.4 is 0 Å². The van der Waals surface area contributed by atoms with Crippen LogP contribution in [0.4, 0.5) is 0 Å². The molecule has 4 nitrogen and oxygen atoms in total. The molecule has 2 heterocycles. The second-order valence-corrected chi connectivity index (χ2v) is 7.54. The third-order valence-corrected chi connectivity index (χ3v) is 5.88. The fourth-order valence-electron chi connectivity index (χ4n) is 4.06. The van der Waals surface area contributed by atoms with Gasteiger partial charge in [-0.2, -0.15) is 5.10 Å². The zero-order valence-electron chi connectivity index (χ0n) is 16.5. The molecule has 2 aromatic heterocycles. The number of aryl methyl sites for hydroxylation is 3. The van der Waals surface area contributed by atoms with Crippen molar-refractivity contribution in [2.75, 3.05) is 0 Å². The van der Waals surface area contributed by atoms with Crippen molar-refractivity contribution >= 4 is 0 Å². The molecule has 0 aliphatic heterocycles. The Morgan fingerprint density at radius 3 is 2.52 bits per heavy atom. The summed E-state index contributed by atoms with van der Waals surface area (Å²) in [6.45, 7) is 8.17. The van der Waals surface area contributed by atoms with Gasteiger partial charge in [-0.1, -0.05) is 42.5 Å². The Morgan fingerprint density at radius 2 is 1.85 bits per heavy atom. The highest BCUT2D eigenvalue weighted by Gasteiger charge is 2.22. The smallest absolute Gasteiger partial charge is 0.0956 e. The third kappa shape index (κ3) is 3.48. The first kappa shape index (κ1) is 17.8. The summed E-state index contributed by atoms with van der Waals surface area (Å²) in [7, 11) is 0. The van der Waals surface area contributed by atoms with E-state index in [1.807, 2.05) is 6.33 Å². The van der Waals surface area contributed by atoms with Crippen LogP contribution in [0, 0.1) is 20.8 Å². The van der Waals surface area contributed by atoms with Crippen molar-refractivity contribution in [2.45, 2.75) is 59.0 Å². The first-order valence-corrected chi connectivity index (χ1v) is 9.91. The monoisotopic (exact) mass is 360 g/mol. The van der Waals surface area contributed by atoms with E-state index in [9.17, 15) is 0 Å². The molecule has 140 valence electrons. The molecule has 27 heavy (non-hydrogen) atoms. The highest BCUT2D eigenvalue weighted by Crippen LogP contribution is 2.35. The van der Waals surface area contributed by atoms with E-state index >= 15 is 0 Å². The van der Waals surface area contributed by atoms with Crippen LogP contribution in [0.2, 0.25) is 0 Å². The Balaban J connectivity index is 1.66. The topological polar surface area (TPSA) is 35.6 Å². The largest absolute Gasteiger partial charge is 0.332 e. The van der Waals surface area contributed by atoms with Crippen LogP contribution in [0.3, 0.4) is 0 Å². The van der Waals surface area contributed by atoms with Gasteiger partial charge in [0, 0.05) is 29.4 Å². The van der Waals surface area contributed by atoms with Gasteiger partial charge in [0.25, 0.3) is 0 Å². The molecular formula is C23H28N4. The average molecular weight is 361 g/mol. The van der Waals surface area contributed by atoms with E-state index in [2.05, 4.69) is 72.5 Å². The second-order valence-electron chi connectivity index (χ2n) is 7.54. The van der Waals surface area contributed by atoms with Gasteiger partial charge in [0.15, 0.2) is 0 Å². The number of nitrogens with zero attached hydrogens (tertiary/aromatic N) is 4. The van der Waals surface area contributed by atoms with Gasteiger partial charge < -0.3 is 4.57 Å². The second kappa shape index (κ2) is 7.55. The minimum atomic E-state index is 0.537. The lowest BCUT2D eigenvalue weighted by molar-refractivity contribution is 0.488. The van der Waals surface area contributed by atoms with Gasteiger partial charge in [-0.05, 0) is 45.6 Å². The van der Waals surface area contributed by atoms with Crippen molar-refractivity contribution in [3.63, 3.8) is 0 Å². The molecule has 1 unspecified atom stereocenters. The van der Waals surface area contributed by atoms with E-state index in [1.54, 1.807) is 0 Å². The normalized spacial score (nSPS) is 16.8. The van der Waals surface area contributed by atoms with Crippen LogP contribution in [0.25, 0.3) is 11.3 Å². The summed E-state index contributed by atoms with van der Waals surface area (Å²) >= 11 is 0. The van der Waals surface area contributed by atoms with Crippen LogP contribution in [-0.4, -0.2) is 19.3 Å². The lowest BCUT2D eigenvalue weighted by Crippen LogP contribution is -2.14. The number of hydrogen-bond acceptors (Lipinski definition) is 2. The molecule has 0 saturated carbocycles. The molecule has 0 radical (unpaired) electrons. The fourth-order valence-corrected chi connectivity index (χ4v) is 4.06. The van der Waals surface area contributed by atoms with Gasteiger partial charge in [-0.15, -0.1) is 0 Å². The third-order valence-electron chi connectivity index (χ3n) is 5.88. The average Bonchev–Trinajstić information content (AvgIpc) is 3.24. The molecule has 1 aromatic carbocycles. The molecular weight excluding hydrogens is 332 g/mol. The van der Waals surface area contributed by atoms with E-state index in [-0.39, 0.29) is 0 Å². The van der Waals surface area contributed by atoms with Crippen LogP contribution >= 0.6 is 0 Å². The molecule has 3 aromatic rings. The maximum atomic E-state index is 4.83. The molecule has 0 fully saturated rings. The minimum absolute atomic E-state index is 0.537. The Morgan fingerprint density at radius 1 is 1.04 bits per heavy atom. The molecule has 0 N–H and O–H groups in total. The van der Waals surface area contributed by atoms with E-state index in [0.29, 0.717) is 5.92 Å². The number of benzene rings is 1. The molecule has 0 saturated heterocycles. The maximum Gasteiger partial charge on any atom is 0.0956 e. The molecule has 1 atom stereocenters. The zero-order valence-corrected chi connectivity index (χ0v) is 16.5. The van der Waals surface area contributed by atoms with E-state index in [4.69, 9.17) is 10.1 Å². The lowest BCUT2D eigenvalue weighted by Gasteiger charge is -2.21. The van der Waals surface area contributed by atoms with E-state index in [1.165, 1.54) is 28.9 Å². The SMILES string of the molecule is Cc1nn(CCn2cnc(-c3ccccc3)c2C2CC=CCC2)c(C)c1C. The van der Waals surface area contributed by atoms with Crippen molar-refractivity contribution in [1.82, 2.24) is 19.3 Å². The summed E-state index contributed by atoms with van der Waals surface area (Å²) in [6.07, 6.45) is 10.1. The Labute approximate surface area is 161 Å². The molecule has 1 aliphatic carbocycles. The minimum Gasteiger partial charge on any atom is -0.332 e. The van der Waals surface area contributed by atoms with Gasteiger partial charge in [-0.3, -0.25) is 4.68 Å². The predicted octanol–water partition coefficient (Wildman–Crippen LogP) is 5.20. The highest BCUT2D eigenvalue weighted by molar-refractivity contribution is 5.62. The van der Waals surface area contributed by atoms with Crippen molar-refractivity contribution in [2.24, 2.45) is 0 Å². The standard InChI is InChI=1S/C23H28N4/c1-17-18(2)25-27(19(17)3)15-14-26-16-24-22(20-10-6-4-7-11-20)23(26)21-12-8-5-9-13-21/h4-8,10-11,16,21H,9,12-15H2,1-3H3. The number of rotatable bonds is 5. The summed E-state index contributed by atoms with van der Waals surface area (Å²) in [6, 6.07) is 10.6. The molecule has 4 heteroatoms. The van der Waals surface area contributed by atoms with Gasteiger partial charge in [-0.25, -0.2) is 4.98 Å². The van der Waals surface area contributed by atoms with Crippen molar-refractivity contribution < 1.29 is 0 Å². The van der Waals surface area contributed by atoms with Crippen LogP contribution in [-0.2, 0) is 13.1 Å². The number of allylic oxidation sites excluding steroid dienone is 2. The molecule has 4 rings (SSSR count). The van der Waals surface area contributed by atoms with E-state index < -0.39 is 0 Å². The van der Waals surface area contributed by atoms with Crippen LogP contribution in [0.15, 0.2) is 48.8 Å². The van der Waals surface area contributed by atoms with Gasteiger partial charge in [0.05, 0.1) is 24.3 Å². The first-order valence-electron chi connectivity index (χ1n) is 9.91. The molecule has 0 amide bonds. The fraction of sp³-hybridized carbons (Fsp3) is 0.391. The van der Waals surface area contributed by atoms with Crippen LogP contribution in [0.1, 0.15) is 47.8 Å². The Bertz CT molecular complexity index is 946. The predicted molar refractivity (Wildman–Crippen MR) is 110 cm³/mol.